The van der Waals surface area contributed by atoms with Gasteiger partial charge in [0, 0.05) is 0 Å². The van der Waals surface area contributed by atoms with Crippen LogP contribution in [0.25, 0.3) is 0 Å². The SMILES string of the molecule is C=CC=O.CCCCCCCCN(C)C. The molecule has 0 aliphatic heterocycles. The number of allylic oxidation sites excluding steroid dienone is 1. The monoisotopic (exact) mass is 213 g/mol. The van der Waals surface area contributed by atoms with Gasteiger partial charge in [-0.15, -0.1) is 0 Å². The van der Waals surface area contributed by atoms with Crippen molar-refractivity contribution in [1.29, 1.82) is 0 Å². The Bertz CT molecular complexity index is 126. The molecule has 0 atom stereocenters. The smallest absolute Gasteiger partial charge is 0.142 e. The fourth-order valence-electron chi connectivity index (χ4n) is 1.21. The van der Waals surface area contributed by atoms with Crippen molar-refractivity contribution in [2.75, 3.05) is 20.6 Å². The fraction of sp³-hybridized carbons (Fsp3) is 0.769. The Morgan fingerprint density at radius 3 is 1.93 bits per heavy atom. The second-order valence-electron chi connectivity index (χ2n) is 3.94. The van der Waals surface area contributed by atoms with Crippen LogP contribution in [0.4, 0.5) is 0 Å². The van der Waals surface area contributed by atoms with Crippen LogP contribution in [0.5, 0.6) is 0 Å². The van der Waals surface area contributed by atoms with Gasteiger partial charge in [-0.2, -0.15) is 0 Å². The largest absolute Gasteiger partial charge is 0.309 e. The van der Waals surface area contributed by atoms with Crippen molar-refractivity contribution in [2.45, 2.75) is 45.4 Å². The Morgan fingerprint density at radius 2 is 1.53 bits per heavy atom. The van der Waals surface area contributed by atoms with E-state index in [-0.39, 0.29) is 0 Å². The summed E-state index contributed by atoms with van der Waals surface area (Å²) in [5.74, 6) is 0. The molecule has 0 heterocycles. The molecule has 0 amide bonds. The van der Waals surface area contributed by atoms with E-state index in [1.165, 1.54) is 51.1 Å². The van der Waals surface area contributed by atoms with Gasteiger partial charge in [-0.3, -0.25) is 4.79 Å². The maximum atomic E-state index is 9.06. The number of nitrogens with zero attached hydrogens (tertiary/aromatic N) is 1. The van der Waals surface area contributed by atoms with Crippen molar-refractivity contribution in [3.05, 3.63) is 12.7 Å². The minimum Gasteiger partial charge on any atom is -0.309 e. The lowest BCUT2D eigenvalue weighted by Gasteiger charge is -2.08. The molecule has 0 unspecified atom stereocenters. The third-order valence-corrected chi connectivity index (χ3v) is 2.06. The van der Waals surface area contributed by atoms with Crippen LogP contribution in [0.2, 0.25) is 0 Å². The van der Waals surface area contributed by atoms with Gasteiger partial charge in [0.2, 0.25) is 0 Å². The third-order valence-electron chi connectivity index (χ3n) is 2.06. The zero-order valence-electron chi connectivity index (χ0n) is 10.7. The molecule has 0 saturated heterocycles. The molecule has 2 heteroatoms. The number of aldehydes is 1. The molecule has 90 valence electrons. The molecule has 2 nitrogen and oxygen atoms in total. The van der Waals surface area contributed by atoms with Crippen LogP contribution in [0.3, 0.4) is 0 Å². The lowest BCUT2D eigenvalue weighted by atomic mass is 10.1. The standard InChI is InChI=1S/C10H23N.C3H4O/c1-4-5-6-7-8-9-10-11(2)3;1-2-3-4/h4-10H2,1-3H3;2-3H,1H2. The maximum Gasteiger partial charge on any atom is 0.142 e. The van der Waals surface area contributed by atoms with Crippen LogP contribution in [0, 0.1) is 0 Å². The quantitative estimate of drug-likeness (QED) is 0.350. The van der Waals surface area contributed by atoms with Crippen LogP contribution in [-0.2, 0) is 4.79 Å². The zero-order valence-corrected chi connectivity index (χ0v) is 10.7. The van der Waals surface area contributed by atoms with Gasteiger partial charge in [-0.05, 0) is 33.1 Å². The van der Waals surface area contributed by atoms with Crippen molar-refractivity contribution in [1.82, 2.24) is 4.90 Å². The first-order valence-corrected chi connectivity index (χ1v) is 5.90. The molecule has 0 saturated carbocycles. The summed E-state index contributed by atoms with van der Waals surface area (Å²) in [5, 5.41) is 0. The van der Waals surface area contributed by atoms with E-state index in [4.69, 9.17) is 4.79 Å². The number of unbranched alkanes of at least 4 members (excludes halogenated alkanes) is 5. The van der Waals surface area contributed by atoms with E-state index < -0.39 is 0 Å². The van der Waals surface area contributed by atoms with Gasteiger partial charge in [-0.25, -0.2) is 0 Å². The van der Waals surface area contributed by atoms with Crippen LogP contribution in [0.15, 0.2) is 12.7 Å². The second kappa shape index (κ2) is 15.8. The predicted octanol–water partition coefficient (Wildman–Crippen LogP) is 3.28. The van der Waals surface area contributed by atoms with Crippen molar-refractivity contribution >= 4 is 6.29 Å². The average Bonchev–Trinajstić information content (AvgIpc) is 2.23. The highest BCUT2D eigenvalue weighted by Crippen LogP contribution is 2.04. The lowest BCUT2D eigenvalue weighted by Crippen LogP contribution is -2.12. The van der Waals surface area contributed by atoms with Crippen LogP contribution >= 0.6 is 0 Å². The molecule has 0 aromatic heterocycles. The second-order valence-corrected chi connectivity index (χ2v) is 3.94. The molecule has 0 aromatic carbocycles. The predicted molar refractivity (Wildman–Crippen MR) is 68.2 cm³/mol. The first kappa shape index (κ1) is 16.8. The van der Waals surface area contributed by atoms with E-state index in [0.29, 0.717) is 6.29 Å². The maximum absolute atomic E-state index is 9.06. The number of carbonyl (C=O) groups is 1. The molecule has 0 aliphatic carbocycles. The van der Waals surface area contributed by atoms with Gasteiger partial charge >= 0.3 is 0 Å². The van der Waals surface area contributed by atoms with E-state index in [2.05, 4.69) is 32.5 Å². The Morgan fingerprint density at radius 1 is 1.07 bits per heavy atom. The molecule has 0 N–H and O–H groups in total. The number of carbonyl (C=O) groups excluding carboxylic acids is 1. The van der Waals surface area contributed by atoms with Gasteiger partial charge in [0.05, 0.1) is 0 Å². The molecule has 0 aromatic rings. The van der Waals surface area contributed by atoms with E-state index in [1.807, 2.05) is 0 Å². The molecule has 0 bridgehead atoms. The summed E-state index contributed by atoms with van der Waals surface area (Å²) in [6.45, 7) is 6.63. The lowest BCUT2D eigenvalue weighted by molar-refractivity contribution is -0.104. The summed E-state index contributed by atoms with van der Waals surface area (Å²) in [6.07, 6.45) is 10.3. The van der Waals surface area contributed by atoms with E-state index in [0.717, 1.165) is 0 Å². The fourth-order valence-corrected chi connectivity index (χ4v) is 1.21. The summed E-state index contributed by atoms with van der Waals surface area (Å²) in [5.41, 5.74) is 0. The Labute approximate surface area is 95.4 Å². The number of rotatable bonds is 8. The highest BCUT2D eigenvalue weighted by atomic mass is 16.1. The van der Waals surface area contributed by atoms with Gasteiger partial charge in [0.15, 0.2) is 0 Å². The Balaban J connectivity index is 0. The van der Waals surface area contributed by atoms with Crippen molar-refractivity contribution in [3.8, 4) is 0 Å². The first-order chi connectivity index (χ1) is 7.18. The van der Waals surface area contributed by atoms with E-state index >= 15 is 0 Å². The van der Waals surface area contributed by atoms with Crippen LogP contribution in [-0.4, -0.2) is 31.8 Å². The molecule has 0 fully saturated rings. The molecular formula is C13H27NO. The van der Waals surface area contributed by atoms with Crippen LogP contribution in [0.1, 0.15) is 45.4 Å². The minimum atomic E-state index is 0.639. The van der Waals surface area contributed by atoms with Gasteiger partial charge in [0.25, 0.3) is 0 Å². The van der Waals surface area contributed by atoms with Crippen molar-refractivity contribution in [2.24, 2.45) is 0 Å². The third kappa shape index (κ3) is 24.7. The van der Waals surface area contributed by atoms with Gasteiger partial charge < -0.3 is 4.90 Å². The Hall–Kier alpha value is -0.630. The number of hydrogen-bond acceptors (Lipinski definition) is 2. The molecule has 0 spiro atoms. The normalized spacial score (nSPS) is 9.33. The van der Waals surface area contributed by atoms with Crippen molar-refractivity contribution in [3.63, 3.8) is 0 Å². The number of hydrogen-bond donors (Lipinski definition) is 0. The summed E-state index contributed by atoms with van der Waals surface area (Å²) < 4.78 is 0. The molecule has 15 heavy (non-hydrogen) atoms. The highest BCUT2D eigenvalue weighted by Gasteiger charge is 1.90. The molecular weight excluding hydrogens is 186 g/mol. The van der Waals surface area contributed by atoms with E-state index in [1.54, 1.807) is 0 Å². The molecule has 0 aliphatic rings. The first-order valence-electron chi connectivity index (χ1n) is 5.90. The minimum absolute atomic E-state index is 0.639. The summed E-state index contributed by atoms with van der Waals surface area (Å²) in [6, 6.07) is 0. The van der Waals surface area contributed by atoms with Gasteiger partial charge in [-0.1, -0.05) is 45.6 Å². The van der Waals surface area contributed by atoms with Crippen LogP contribution < -0.4 is 0 Å². The molecule has 0 radical (unpaired) electrons. The average molecular weight is 213 g/mol. The summed E-state index contributed by atoms with van der Waals surface area (Å²) in [7, 11) is 4.29. The highest BCUT2D eigenvalue weighted by molar-refractivity contribution is 5.63. The summed E-state index contributed by atoms with van der Waals surface area (Å²) >= 11 is 0. The summed E-state index contributed by atoms with van der Waals surface area (Å²) in [4.78, 5) is 11.3. The van der Waals surface area contributed by atoms with E-state index in [9.17, 15) is 0 Å². The molecule has 0 rings (SSSR count). The zero-order chi connectivity index (χ0) is 11.9. The Kier molecular flexibility index (Phi) is 17.7. The van der Waals surface area contributed by atoms with Gasteiger partial charge in [0.1, 0.15) is 6.29 Å². The van der Waals surface area contributed by atoms with Crippen molar-refractivity contribution < 1.29 is 4.79 Å². The topological polar surface area (TPSA) is 20.3 Å².